The Morgan fingerprint density at radius 1 is 1.25 bits per heavy atom. The lowest BCUT2D eigenvalue weighted by molar-refractivity contribution is -0.0502. The maximum atomic E-state index is 13.5. The number of phosphoric acid groups is 2. The highest BCUT2D eigenvalue weighted by Crippen LogP contribution is 2.45. The monoisotopic (exact) mass is 445 g/mol. The number of nitrogen functional groups attached to an aromatic ring is 1. The lowest BCUT2D eigenvalue weighted by atomic mass is 10.1. The average molecular weight is 445 g/mol. The van der Waals surface area contributed by atoms with Crippen LogP contribution in [0.3, 0.4) is 0 Å². The first kappa shape index (κ1) is 21.1. The highest BCUT2D eigenvalue weighted by Gasteiger charge is 2.49. The predicted molar refractivity (Wildman–Crippen MR) is 84.5 cm³/mol. The first-order chi connectivity index (χ1) is 12.9. The summed E-state index contributed by atoms with van der Waals surface area (Å²) in [4.78, 5) is 46.3. The van der Waals surface area contributed by atoms with Gasteiger partial charge in [0.05, 0.1) is 12.9 Å². The van der Waals surface area contributed by atoms with Gasteiger partial charge in [0.1, 0.15) is 18.3 Å². The van der Waals surface area contributed by atoms with Crippen molar-refractivity contribution < 1.29 is 52.0 Å². The van der Waals surface area contributed by atoms with Crippen LogP contribution in [-0.4, -0.2) is 69.1 Å². The molecule has 0 radical (unpaired) electrons. The Balaban J connectivity index is 1.96. The van der Waals surface area contributed by atoms with E-state index < -0.39 is 52.9 Å². The average Bonchev–Trinajstić information content (AvgIpc) is 3.06. The predicted octanol–water partition coefficient (Wildman–Crippen LogP) is -1.61. The molecule has 15 nitrogen and oxygen atoms in total. The molecule has 4 atom stereocenters. The quantitative estimate of drug-likeness (QED) is 0.217. The fourth-order valence-electron chi connectivity index (χ4n) is 2.64. The molecule has 1 aliphatic heterocycles. The van der Waals surface area contributed by atoms with Crippen LogP contribution in [0.25, 0.3) is 11.2 Å². The number of hydrogen-bond donors (Lipinski definition) is 6. The van der Waals surface area contributed by atoms with Crippen molar-refractivity contribution in [3.63, 3.8) is 0 Å². The Morgan fingerprint density at radius 2 is 1.93 bits per heavy atom. The number of phosphoric ester groups is 2. The van der Waals surface area contributed by atoms with Gasteiger partial charge in [-0.3, -0.25) is 13.6 Å². The second kappa shape index (κ2) is 7.35. The second-order valence-corrected chi connectivity index (χ2v) is 8.04. The SMILES string of the molecule is Nc1nc(F)nc2c1ncn2[C@@H]1O[C@H](COP(=O)(O)O)[C@@H](OP(=O)(O)O)[C@@H]1O. The van der Waals surface area contributed by atoms with Crippen LogP contribution in [0.5, 0.6) is 0 Å². The molecule has 0 saturated carbocycles. The third-order valence-corrected chi connectivity index (χ3v) is 4.67. The number of nitrogens with zero attached hydrogens (tertiary/aromatic N) is 4. The number of aromatic nitrogens is 4. The summed E-state index contributed by atoms with van der Waals surface area (Å²) in [5.74, 6) is -0.307. The summed E-state index contributed by atoms with van der Waals surface area (Å²) in [6.45, 7) is -0.888. The molecule has 0 aliphatic carbocycles. The fraction of sp³-hybridized carbons (Fsp3) is 0.500. The van der Waals surface area contributed by atoms with E-state index in [1.807, 2.05) is 0 Å². The number of nitrogens with two attached hydrogens (primary N) is 1. The largest absolute Gasteiger partial charge is 0.470 e. The minimum Gasteiger partial charge on any atom is -0.386 e. The number of hydrogen-bond acceptors (Lipinski definition) is 10. The van der Waals surface area contributed by atoms with Crippen molar-refractivity contribution in [2.24, 2.45) is 0 Å². The van der Waals surface area contributed by atoms with Gasteiger partial charge in [-0.2, -0.15) is 14.4 Å². The molecule has 156 valence electrons. The van der Waals surface area contributed by atoms with Crippen molar-refractivity contribution in [2.75, 3.05) is 12.3 Å². The van der Waals surface area contributed by atoms with Gasteiger partial charge in [0, 0.05) is 0 Å². The lowest BCUT2D eigenvalue weighted by Gasteiger charge is -2.20. The third kappa shape index (κ3) is 4.52. The Kier molecular flexibility index (Phi) is 5.55. The zero-order chi connectivity index (χ0) is 20.9. The summed E-state index contributed by atoms with van der Waals surface area (Å²) in [5, 5.41) is 10.4. The zero-order valence-corrected chi connectivity index (χ0v) is 15.3. The molecule has 0 spiro atoms. The topological polar surface area (TPSA) is 233 Å². The van der Waals surface area contributed by atoms with Gasteiger partial charge in [0.25, 0.3) is 0 Å². The van der Waals surface area contributed by atoms with Crippen molar-refractivity contribution >= 4 is 32.6 Å². The summed E-state index contributed by atoms with van der Waals surface area (Å²) < 4.78 is 50.7. The molecular weight excluding hydrogens is 431 g/mol. The smallest absolute Gasteiger partial charge is 0.386 e. The Labute approximate surface area is 154 Å². The number of anilines is 1. The summed E-state index contributed by atoms with van der Waals surface area (Å²) in [7, 11) is -10.1. The number of rotatable bonds is 6. The molecule has 3 rings (SSSR count). The molecule has 28 heavy (non-hydrogen) atoms. The van der Waals surface area contributed by atoms with Crippen LogP contribution >= 0.6 is 15.6 Å². The van der Waals surface area contributed by atoms with E-state index >= 15 is 0 Å². The maximum absolute atomic E-state index is 13.5. The van der Waals surface area contributed by atoms with Gasteiger partial charge in [-0.25, -0.2) is 14.1 Å². The maximum Gasteiger partial charge on any atom is 0.470 e. The minimum atomic E-state index is -5.14. The van der Waals surface area contributed by atoms with E-state index in [1.165, 1.54) is 0 Å². The highest BCUT2D eigenvalue weighted by molar-refractivity contribution is 7.46. The van der Waals surface area contributed by atoms with Gasteiger partial charge in [-0.1, -0.05) is 0 Å². The molecule has 2 aromatic heterocycles. The molecule has 2 aromatic rings. The van der Waals surface area contributed by atoms with Gasteiger partial charge in [0.15, 0.2) is 23.2 Å². The molecule has 18 heteroatoms. The lowest BCUT2D eigenvalue weighted by Crippen LogP contribution is -2.35. The van der Waals surface area contributed by atoms with Crippen LogP contribution in [0.1, 0.15) is 6.23 Å². The van der Waals surface area contributed by atoms with Gasteiger partial charge >= 0.3 is 21.7 Å². The number of aliphatic hydroxyl groups excluding tert-OH is 1. The number of ether oxygens (including phenoxy) is 1. The zero-order valence-electron chi connectivity index (χ0n) is 13.5. The number of halogens is 1. The normalized spacial score (nSPS) is 26.2. The Morgan fingerprint density at radius 3 is 2.54 bits per heavy atom. The van der Waals surface area contributed by atoms with Crippen LogP contribution in [0.4, 0.5) is 10.2 Å². The summed E-state index contributed by atoms with van der Waals surface area (Å²) in [6, 6.07) is 0. The van der Waals surface area contributed by atoms with Crippen molar-refractivity contribution in [2.45, 2.75) is 24.5 Å². The first-order valence-corrected chi connectivity index (χ1v) is 10.3. The molecule has 0 bridgehead atoms. The van der Waals surface area contributed by atoms with Crippen LogP contribution in [0.15, 0.2) is 6.33 Å². The molecule has 1 fully saturated rings. The molecule has 1 saturated heterocycles. The summed E-state index contributed by atoms with van der Waals surface area (Å²) in [6.07, 6.45) is -6.73. The Hall–Kier alpha value is -1.58. The van der Waals surface area contributed by atoms with Crippen molar-refractivity contribution in [1.29, 1.82) is 0 Å². The van der Waals surface area contributed by atoms with E-state index in [9.17, 15) is 18.6 Å². The highest BCUT2D eigenvalue weighted by atomic mass is 31.2. The second-order valence-electron chi connectivity index (χ2n) is 5.60. The third-order valence-electron chi connectivity index (χ3n) is 3.67. The molecule has 1 aliphatic rings. The van der Waals surface area contributed by atoms with Crippen LogP contribution in [0, 0.1) is 6.08 Å². The fourth-order valence-corrected chi connectivity index (χ4v) is 3.56. The van der Waals surface area contributed by atoms with E-state index in [0.29, 0.717) is 0 Å². The summed E-state index contributed by atoms with van der Waals surface area (Å²) in [5.41, 5.74) is 5.28. The van der Waals surface area contributed by atoms with Gasteiger partial charge in [-0.05, 0) is 0 Å². The first-order valence-electron chi connectivity index (χ1n) is 7.29. The number of fused-ring (bicyclic) bond motifs is 1. The van der Waals surface area contributed by atoms with E-state index in [1.54, 1.807) is 0 Å². The van der Waals surface area contributed by atoms with Crippen LogP contribution < -0.4 is 5.73 Å². The van der Waals surface area contributed by atoms with E-state index in [0.717, 1.165) is 10.9 Å². The molecule has 0 unspecified atom stereocenters. The van der Waals surface area contributed by atoms with Gasteiger partial charge in [-0.15, -0.1) is 0 Å². The van der Waals surface area contributed by atoms with E-state index in [4.69, 9.17) is 30.0 Å². The number of imidazole rings is 1. The summed E-state index contributed by atoms with van der Waals surface area (Å²) >= 11 is 0. The van der Waals surface area contributed by atoms with Crippen molar-refractivity contribution in [3.8, 4) is 0 Å². The molecule has 0 aromatic carbocycles. The molecule has 7 N–H and O–H groups in total. The number of aliphatic hydroxyl groups is 1. The standard InChI is InChI=1S/C10H14FN5O10P2/c11-10-14-7(12)4-8(15-10)16(2-13-4)9-5(17)6(26-28(21,22)23)3(25-9)1-24-27(18,19)20/h2-3,5-6,9,17H,1H2,(H2,12,14,15)(H2,18,19,20)(H2,21,22,23)/t3-,5+,6-,9-/m1/s1. The molecule has 3 heterocycles. The molecular formula is C10H14FN5O10P2. The van der Waals surface area contributed by atoms with Crippen molar-refractivity contribution in [1.82, 2.24) is 19.5 Å². The van der Waals surface area contributed by atoms with Crippen LogP contribution in [-0.2, 0) is 22.9 Å². The van der Waals surface area contributed by atoms with Gasteiger partial charge in [0.2, 0.25) is 0 Å². The van der Waals surface area contributed by atoms with E-state index in [-0.39, 0.29) is 17.0 Å². The minimum absolute atomic E-state index is 0.0421. The van der Waals surface area contributed by atoms with Crippen LogP contribution in [0.2, 0.25) is 0 Å². The Bertz CT molecular complexity index is 977. The van der Waals surface area contributed by atoms with Gasteiger partial charge < -0.3 is 35.2 Å². The van der Waals surface area contributed by atoms with Crippen molar-refractivity contribution in [3.05, 3.63) is 12.4 Å². The van der Waals surface area contributed by atoms with E-state index in [2.05, 4.69) is 24.0 Å². The molecule has 0 amide bonds.